The molecule has 38 heavy (non-hydrogen) atoms. The van der Waals surface area contributed by atoms with Crippen molar-refractivity contribution in [3.63, 3.8) is 0 Å². The number of hydrogen-bond donors (Lipinski definition) is 1. The molecule has 1 heterocycles. The van der Waals surface area contributed by atoms with Crippen LogP contribution in [0.25, 0.3) is 22.0 Å². The van der Waals surface area contributed by atoms with E-state index in [1.807, 2.05) is 41.2 Å². The summed E-state index contributed by atoms with van der Waals surface area (Å²) in [7, 11) is -0.572. The number of sulfonamides is 1. The Morgan fingerprint density at radius 3 is 2.11 bits per heavy atom. The molecule has 1 aromatic heterocycles. The normalized spacial score (nSPS) is 16.7. The van der Waals surface area contributed by atoms with Crippen molar-refractivity contribution in [1.82, 2.24) is 9.29 Å². The smallest absolute Gasteiger partial charge is 0.357 e. The van der Waals surface area contributed by atoms with Crippen LogP contribution in [0.1, 0.15) is 50.8 Å². The Balaban J connectivity index is 2.00. The third kappa shape index (κ3) is 5.23. The zero-order valence-electron chi connectivity index (χ0n) is 21.6. The van der Waals surface area contributed by atoms with Crippen LogP contribution in [0.15, 0.2) is 48.7 Å². The van der Waals surface area contributed by atoms with E-state index in [0.717, 1.165) is 6.07 Å². The van der Waals surface area contributed by atoms with E-state index >= 15 is 0 Å². The number of nitrogens with one attached hydrogen (secondary N) is 1. The second-order valence-corrected chi connectivity index (χ2v) is 13.4. The highest BCUT2D eigenvalue weighted by Crippen LogP contribution is 2.44. The number of fused-ring (bicyclic) bond motifs is 1. The molecule has 0 saturated heterocycles. The molecule has 1 aliphatic rings. The minimum Gasteiger partial charge on any atom is -0.357 e. The predicted octanol–water partition coefficient (Wildman–Crippen LogP) is 4.93. The van der Waals surface area contributed by atoms with Crippen LogP contribution in [0.2, 0.25) is 0 Å². The molecule has 0 spiro atoms. The summed E-state index contributed by atoms with van der Waals surface area (Å²) in [5.74, 6) is 0. The second-order valence-electron chi connectivity index (χ2n) is 11.4. The Bertz CT molecular complexity index is 1470. The van der Waals surface area contributed by atoms with Gasteiger partial charge < -0.3 is 4.57 Å². The van der Waals surface area contributed by atoms with E-state index in [4.69, 9.17) is 0 Å². The van der Waals surface area contributed by atoms with Crippen molar-refractivity contribution in [2.75, 3.05) is 0 Å². The molecule has 0 unspecified atom stereocenters. The molecule has 1 saturated carbocycles. The van der Waals surface area contributed by atoms with Gasteiger partial charge in [0.15, 0.2) is 0 Å². The van der Waals surface area contributed by atoms with E-state index < -0.39 is 50.0 Å². The maximum atomic E-state index is 14.4. The van der Waals surface area contributed by atoms with Crippen molar-refractivity contribution in [2.45, 2.75) is 62.6 Å². The van der Waals surface area contributed by atoms with E-state index in [-0.39, 0.29) is 27.6 Å². The van der Waals surface area contributed by atoms with Gasteiger partial charge >= 0.3 is 12.4 Å². The monoisotopic (exact) mass is 556 g/mol. The van der Waals surface area contributed by atoms with E-state index in [1.165, 1.54) is 42.6 Å². The highest BCUT2D eigenvalue weighted by Gasteiger charge is 2.48. The first-order chi connectivity index (χ1) is 17.2. The van der Waals surface area contributed by atoms with Gasteiger partial charge in [-0.15, -0.1) is 0 Å². The number of nitrogens with zero attached hydrogens (tertiary/aromatic N) is 1. The maximum absolute atomic E-state index is 14.4. The average Bonchev–Trinajstić information content (AvgIpc) is 3.57. The molecule has 4 nitrogen and oxygen atoms in total. The van der Waals surface area contributed by atoms with E-state index in [1.54, 1.807) is 4.57 Å². The highest BCUT2D eigenvalue weighted by molar-refractivity contribution is 7.90. The van der Waals surface area contributed by atoms with Crippen molar-refractivity contribution in [1.29, 1.82) is 0 Å². The summed E-state index contributed by atoms with van der Waals surface area (Å²) < 4.78 is 113. The first-order valence-electron chi connectivity index (χ1n) is 12.1. The van der Waals surface area contributed by atoms with Crippen LogP contribution in [0.3, 0.4) is 0 Å². The molecule has 0 radical (unpaired) electrons. The number of alkyl halides is 6. The molecule has 1 N–H and O–H groups in total. The van der Waals surface area contributed by atoms with Crippen LogP contribution in [-0.4, -0.2) is 40.1 Å². The molecule has 1 atom stereocenters. The maximum Gasteiger partial charge on any atom is 0.417 e. The van der Waals surface area contributed by atoms with Crippen LogP contribution in [-0.2, 0) is 21.5 Å². The third-order valence-electron chi connectivity index (χ3n) is 7.70. The summed E-state index contributed by atoms with van der Waals surface area (Å²) in [5, 5.41) is -1.56. The molecule has 1 aliphatic carbocycles. The molecule has 4 rings (SSSR count). The van der Waals surface area contributed by atoms with Gasteiger partial charge in [0.05, 0.1) is 10.8 Å². The fourth-order valence-electron chi connectivity index (χ4n) is 4.40. The van der Waals surface area contributed by atoms with Gasteiger partial charge in [-0.25, -0.2) is 8.42 Å². The van der Waals surface area contributed by atoms with Crippen LogP contribution in [0.5, 0.6) is 0 Å². The largest absolute Gasteiger partial charge is 0.417 e. The Hall–Kier alpha value is -2.40. The zero-order valence-corrected chi connectivity index (χ0v) is 22.4. The van der Waals surface area contributed by atoms with Crippen molar-refractivity contribution < 1.29 is 34.8 Å². The Labute approximate surface area is 219 Å². The molecular formula is C25H28B2F6N2O2S. The number of hydrogen-bond acceptors (Lipinski definition) is 2. The van der Waals surface area contributed by atoms with Gasteiger partial charge in [0.25, 0.3) is 0 Å². The van der Waals surface area contributed by atoms with E-state index in [2.05, 4.69) is 0 Å². The Morgan fingerprint density at radius 1 is 0.974 bits per heavy atom. The van der Waals surface area contributed by atoms with Crippen LogP contribution in [0.4, 0.5) is 26.3 Å². The minimum absolute atomic E-state index is 0.105. The first kappa shape index (κ1) is 28.6. The minimum atomic E-state index is -4.95. The van der Waals surface area contributed by atoms with Gasteiger partial charge in [0.1, 0.15) is 21.7 Å². The lowest BCUT2D eigenvalue weighted by molar-refractivity contribution is -0.152. The molecule has 1 fully saturated rings. The van der Waals surface area contributed by atoms with Crippen molar-refractivity contribution in [3.8, 4) is 11.1 Å². The Kier molecular flexibility index (Phi) is 6.83. The first-order valence-corrected chi connectivity index (χ1v) is 13.7. The number of halogens is 6. The lowest BCUT2D eigenvalue weighted by atomic mass is 9.49. The van der Waals surface area contributed by atoms with Gasteiger partial charge in [-0.2, -0.15) is 31.1 Å². The van der Waals surface area contributed by atoms with Crippen molar-refractivity contribution >= 4 is 36.6 Å². The van der Waals surface area contributed by atoms with Crippen LogP contribution in [0, 0.1) is 5.41 Å². The quantitative estimate of drug-likeness (QED) is 0.346. The number of benzene rings is 2. The number of aromatic nitrogens is 1. The number of rotatable bonds is 6. The summed E-state index contributed by atoms with van der Waals surface area (Å²) in [6, 6.07) is 6.62. The fraction of sp³-hybridized carbons (Fsp3) is 0.440. The summed E-state index contributed by atoms with van der Waals surface area (Å²) >= 11 is 0. The summed E-state index contributed by atoms with van der Waals surface area (Å²) in [4.78, 5) is 0. The molecular weight excluding hydrogens is 528 g/mol. The predicted molar refractivity (Wildman–Crippen MR) is 141 cm³/mol. The topological polar surface area (TPSA) is 51.1 Å². The Morgan fingerprint density at radius 2 is 1.58 bits per heavy atom. The van der Waals surface area contributed by atoms with Crippen LogP contribution >= 0.6 is 0 Å². The lowest BCUT2D eigenvalue weighted by Gasteiger charge is -2.41. The molecule has 0 amide bonds. The van der Waals surface area contributed by atoms with Crippen molar-refractivity contribution in [2.24, 2.45) is 5.41 Å². The zero-order chi connectivity index (χ0) is 28.5. The molecule has 204 valence electrons. The second kappa shape index (κ2) is 9.08. The molecule has 13 heteroatoms. The van der Waals surface area contributed by atoms with Crippen molar-refractivity contribution in [3.05, 3.63) is 59.8 Å². The molecule has 0 bridgehead atoms. The van der Waals surface area contributed by atoms with Gasteiger partial charge in [0, 0.05) is 22.7 Å². The molecule has 0 aliphatic heterocycles. The lowest BCUT2D eigenvalue weighted by Crippen LogP contribution is -2.46. The van der Waals surface area contributed by atoms with E-state index in [0.29, 0.717) is 12.8 Å². The summed E-state index contributed by atoms with van der Waals surface area (Å²) in [5.41, 5.74) is -1.30. The standard InChI is InChI=1S/C25H28B2F6N2O2S/c1-22(2,3)25(26,27)35-13-18(21(24(31,32)33)34-38(36,37)15-9-10-15)17-11-8-14(12-20(17)35)16-6-4-5-7-19(16)23(28,29)30/h4-8,11-13,15,21,34H,9-10,26-27H2,1-3H3/t21-/m0/s1. The SMILES string of the molecule is BC(B)(n1cc([C@H](NS(=O)(=O)C2CC2)C(F)(F)F)c2ccc(-c3ccccc3C(F)(F)F)cc21)C(C)(C)C. The van der Waals surface area contributed by atoms with Gasteiger partial charge in [-0.05, 0) is 46.9 Å². The molecule has 3 aromatic rings. The van der Waals surface area contributed by atoms with E-state index in [9.17, 15) is 34.8 Å². The van der Waals surface area contributed by atoms with Gasteiger partial charge in [0.2, 0.25) is 10.0 Å². The molecule has 2 aromatic carbocycles. The fourth-order valence-corrected chi connectivity index (χ4v) is 5.94. The summed E-state index contributed by atoms with van der Waals surface area (Å²) in [6.07, 6.45) is -7.72. The highest BCUT2D eigenvalue weighted by atomic mass is 32.2. The van der Waals surface area contributed by atoms with Gasteiger partial charge in [-0.1, -0.05) is 51.1 Å². The third-order valence-corrected chi connectivity index (χ3v) is 9.61. The van der Waals surface area contributed by atoms with Gasteiger partial charge in [-0.3, -0.25) is 0 Å². The van der Waals surface area contributed by atoms with Crippen LogP contribution < -0.4 is 4.72 Å². The summed E-state index contributed by atoms with van der Waals surface area (Å²) in [6.45, 7) is 5.70. The average molecular weight is 556 g/mol.